The van der Waals surface area contributed by atoms with Crippen molar-refractivity contribution < 1.29 is 27.8 Å². The molecule has 1 N–H and O–H groups in total. The van der Waals surface area contributed by atoms with E-state index in [0.717, 1.165) is 16.5 Å². The topological polar surface area (TPSA) is 46.5 Å². The molecule has 0 amide bonds. The molecule has 26 heavy (non-hydrogen) atoms. The lowest BCUT2D eigenvalue weighted by Crippen LogP contribution is -2.40. The highest BCUT2D eigenvalue weighted by atomic mass is 35.5. The van der Waals surface area contributed by atoms with Crippen LogP contribution < -0.4 is 4.74 Å². The average molecular weight is 401 g/mol. The molecule has 8 heteroatoms. The fourth-order valence-corrected chi connectivity index (χ4v) is 3.56. The highest BCUT2D eigenvalue weighted by Crippen LogP contribution is 2.43. The van der Waals surface area contributed by atoms with E-state index in [9.17, 15) is 18.0 Å². The van der Waals surface area contributed by atoms with E-state index in [1.165, 1.54) is 23.9 Å². The van der Waals surface area contributed by atoms with E-state index < -0.39 is 23.8 Å². The van der Waals surface area contributed by atoms with E-state index in [0.29, 0.717) is 9.92 Å². The van der Waals surface area contributed by atoms with E-state index in [1.54, 1.807) is 0 Å². The maximum absolute atomic E-state index is 13.1. The molecule has 3 rings (SSSR count). The third-order valence-electron chi connectivity index (χ3n) is 3.70. The van der Waals surface area contributed by atoms with Gasteiger partial charge >= 0.3 is 12.1 Å². The van der Waals surface area contributed by atoms with Crippen molar-refractivity contribution in [3.05, 3.63) is 58.1 Å². The maximum atomic E-state index is 13.1. The smallest absolute Gasteiger partial charge is 0.430 e. The van der Waals surface area contributed by atoms with E-state index in [1.807, 2.05) is 31.2 Å². The van der Waals surface area contributed by atoms with Crippen molar-refractivity contribution in [3.8, 4) is 5.75 Å². The highest BCUT2D eigenvalue weighted by molar-refractivity contribution is 7.99. The van der Waals surface area contributed by atoms with Gasteiger partial charge < -0.3 is 9.84 Å². The maximum Gasteiger partial charge on any atom is 0.430 e. The summed E-state index contributed by atoms with van der Waals surface area (Å²) in [4.78, 5) is 12.5. The van der Waals surface area contributed by atoms with Gasteiger partial charge in [0.25, 0.3) is 0 Å². The van der Waals surface area contributed by atoms with Crippen LogP contribution in [0.15, 0.2) is 51.8 Å². The summed E-state index contributed by atoms with van der Waals surface area (Å²) in [6.45, 7) is 1.94. The Morgan fingerprint density at radius 3 is 2.46 bits per heavy atom. The van der Waals surface area contributed by atoms with Crippen LogP contribution >= 0.6 is 23.4 Å². The van der Waals surface area contributed by atoms with E-state index in [2.05, 4.69) is 0 Å². The Bertz CT molecular complexity index is 892. The predicted octanol–water partition coefficient (Wildman–Crippen LogP) is 5.59. The molecule has 3 nitrogen and oxygen atoms in total. The zero-order chi connectivity index (χ0) is 19.1. The SMILES string of the molecule is Cc1ccc(Sc2cc3c(cc2Cl)C=C(C(=O)O)C(C(F)(F)F)O3)cc1. The summed E-state index contributed by atoms with van der Waals surface area (Å²) in [6.07, 6.45) is -6.41. The number of fused-ring (bicyclic) bond motifs is 1. The molecule has 0 saturated heterocycles. The number of benzene rings is 2. The quantitative estimate of drug-likeness (QED) is 0.729. The Kier molecular flexibility index (Phi) is 4.94. The largest absolute Gasteiger partial charge is 0.478 e. The first-order chi connectivity index (χ1) is 12.1. The van der Waals surface area contributed by atoms with Crippen LogP contribution in [-0.2, 0) is 4.79 Å². The van der Waals surface area contributed by atoms with Crippen LogP contribution in [0.25, 0.3) is 6.08 Å². The van der Waals surface area contributed by atoms with Crippen molar-refractivity contribution in [2.75, 3.05) is 0 Å². The lowest BCUT2D eigenvalue weighted by atomic mass is 10.0. The molecule has 0 spiro atoms. The zero-order valence-corrected chi connectivity index (χ0v) is 14.9. The molecule has 1 atom stereocenters. The van der Waals surface area contributed by atoms with Gasteiger partial charge in [-0.05, 0) is 37.3 Å². The fourth-order valence-electron chi connectivity index (χ4n) is 2.43. The van der Waals surface area contributed by atoms with Gasteiger partial charge in [0.2, 0.25) is 6.10 Å². The Labute approximate surface area is 156 Å². The first-order valence-electron chi connectivity index (χ1n) is 7.41. The van der Waals surface area contributed by atoms with Crippen molar-refractivity contribution in [2.24, 2.45) is 0 Å². The molecule has 2 aromatic rings. The third kappa shape index (κ3) is 3.83. The Morgan fingerprint density at radius 2 is 1.88 bits per heavy atom. The molecule has 1 heterocycles. The minimum Gasteiger partial charge on any atom is -0.478 e. The van der Waals surface area contributed by atoms with Gasteiger partial charge in [-0.3, -0.25) is 0 Å². The molecule has 0 radical (unpaired) electrons. The van der Waals surface area contributed by atoms with Gasteiger partial charge in [0.05, 0.1) is 10.6 Å². The van der Waals surface area contributed by atoms with Crippen molar-refractivity contribution in [1.29, 1.82) is 0 Å². The van der Waals surface area contributed by atoms with Crippen molar-refractivity contribution in [1.82, 2.24) is 0 Å². The second-order valence-corrected chi connectivity index (χ2v) is 7.20. The fraction of sp³-hybridized carbons (Fsp3) is 0.167. The molecule has 0 bridgehead atoms. The molecule has 1 aliphatic rings. The molecule has 136 valence electrons. The molecular weight excluding hydrogens is 389 g/mol. The minimum absolute atomic E-state index is 0.0589. The van der Waals surface area contributed by atoms with Gasteiger partial charge in [0.15, 0.2) is 0 Å². The van der Waals surface area contributed by atoms with Crippen LogP contribution in [0.1, 0.15) is 11.1 Å². The van der Waals surface area contributed by atoms with Crippen molar-refractivity contribution in [3.63, 3.8) is 0 Å². The standard InChI is InChI=1S/C18H12ClF3O3S/c1-9-2-4-11(5-3-9)26-15-8-14-10(7-13(15)19)6-12(17(23)24)16(25-14)18(20,21)22/h2-8,16H,1H3,(H,23,24). The van der Waals surface area contributed by atoms with Crippen LogP contribution in [0.2, 0.25) is 5.02 Å². The molecule has 2 aromatic carbocycles. The third-order valence-corrected chi connectivity index (χ3v) is 5.19. The number of hydrogen-bond donors (Lipinski definition) is 1. The number of alkyl halides is 3. The summed E-state index contributed by atoms with van der Waals surface area (Å²) in [5, 5.41) is 9.35. The number of carboxylic acids is 1. The van der Waals surface area contributed by atoms with Crippen LogP contribution in [0, 0.1) is 6.92 Å². The van der Waals surface area contributed by atoms with Crippen LogP contribution in [-0.4, -0.2) is 23.4 Å². The van der Waals surface area contributed by atoms with Gasteiger partial charge in [-0.1, -0.05) is 41.1 Å². The van der Waals surface area contributed by atoms with E-state index in [-0.39, 0.29) is 11.3 Å². The van der Waals surface area contributed by atoms with E-state index in [4.69, 9.17) is 21.4 Å². The van der Waals surface area contributed by atoms with Gasteiger partial charge in [0, 0.05) is 15.4 Å². The Morgan fingerprint density at radius 1 is 1.23 bits per heavy atom. The molecule has 1 aliphatic heterocycles. The Hall–Kier alpha value is -2.12. The number of carboxylic acid groups (broad SMARTS) is 1. The van der Waals surface area contributed by atoms with Crippen LogP contribution in [0.3, 0.4) is 0 Å². The van der Waals surface area contributed by atoms with Gasteiger partial charge in [0.1, 0.15) is 5.75 Å². The monoisotopic (exact) mass is 400 g/mol. The molecule has 0 saturated carbocycles. The summed E-state index contributed by atoms with van der Waals surface area (Å²) in [7, 11) is 0. The molecule has 0 fully saturated rings. The lowest BCUT2D eigenvalue weighted by molar-refractivity contribution is -0.187. The minimum atomic E-state index is -4.84. The highest BCUT2D eigenvalue weighted by Gasteiger charge is 2.48. The normalized spacial score (nSPS) is 16.5. The zero-order valence-electron chi connectivity index (χ0n) is 13.3. The molecular formula is C18H12ClF3O3S. The Balaban J connectivity index is 2.00. The van der Waals surface area contributed by atoms with Crippen molar-refractivity contribution in [2.45, 2.75) is 29.0 Å². The number of ether oxygens (including phenoxy) is 1. The van der Waals surface area contributed by atoms with Crippen LogP contribution in [0.5, 0.6) is 5.75 Å². The van der Waals surface area contributed by atoms with Crippen molar-refractivity contribution >= 4 is 35.4 Å². The first-order valence-corrected chi connectivity index (χ1v) is 8.61. The average Bonchev–Trinajstić information content (AvgIpc) is 2.55. The number of rotatable bonds is 3. The second kappa shape index (κ2) is 6.89. The summed E-state index contributed by atoms with van der Waals surface area (Å²) in [5.41, 5.74) is 0.398. The molecule has 0 aromatic heterocycles. The van der Waals surface area contributed by atoms with Gasteiger partial charge in [-0.25, -0.2) is 4.79 Å². The van der Waals surface area contributed by atoms with Crippen LogP contribution in [0.4, 0.5) is 13.2 Å². The summed E-state index contributed by atoms with van der Waals surface area (Å²) in [5.74, 6) is -1.75. The second-order valence-electron chi connectivity index (χ2n) is 5.68. The lowest BCUT2D eigenvalue weighted by Gasteiger charge is -2.27. The predicted molar refractivity (Wildman–Crippen MR) is 92.8 cm³/mol. The summed E-state index contributed by atoms with van der Waals surface area (Å²) >= 11 is 7.50. The molecule has 1 unspecified atom stereocenters. The number of aliphatic carboxylic acids is 1. The van der Waals surface area contributed by atoms with Gasteiger partial charge in [-0.2, -0.15) is 13.2 Å². The molecule has 0 aliphatic carbocycles. The number of aryl methyl sites for hydroxylation is 1. The number of carbonyl (C=O) groups is 1. The summed E-state index contributed by atoms with van der Waals surface area (Å²) < 4.78 is 44.4. The number of hydrogen-bond acceptors (Lipinski definition) is 3. The first kappa shape index (κ1) is 18.7. The number of halogens is 4. The van der Waals surface area contributed by atoms with Gasteiger partial charge in [-0.15, -0.1) is 0 Å². The summed E-state index contributed by atoms with van der Waals surface area (Å²) in [6, 6.07) is 10.4. The van der Waals surface area contributed by atoms with E-state index >= 15 is 0 Å².